The summed E-state index contributed by atoms with van der Waals surface area (Å²) in [6.45, 7) is 3.80. The van der Waals surface area contributed by atoms with Crippen molar-refractivity contribution in [3.63, 3.8) is 0 Å². The largest absolute Gasteiger partial charge is 0.490 e. The number of amides is 1. The SMILES string of the molecule is CCOC(=O)[C@@H]1C[C@H]1C(=O)Nc1cc(-c2ccc(OC3CCOCC3)c(CN)c2)ncn1. The Kier molecular flexibility index (Phi) is 6.96. The van der Waals surface area contributed by atoms with Gasteiger partial charge in [-0.25, -0.2) is 9.97 Å². The van der Waals surface area contributed by atoms with Crippen molar-refractivity contribution in [3.05, 3.63) is 36.2 Å². The summed E-state index contributed by atoms with van der Waals surface area (Å²) < 4.78 is 16.5. The van der Waals surface area contributed by atoms with Crippen LogP contribution in [0.4, 0.5) is 5.82 Å². The van der Waals surface area contributed by atoms with E-state index in [1.54, 1.807) is 13.0 Å². The number of hydrogen-bond acceptors (Lipinski definition) is 8. The first-order valence-corrected chi connectivity index (χ1v) is 11.0. The lowest BCUT2D eigenvalue weighted by Crippen LogP contribution is -2.26. The first-order valence-electron chi connectivity index (χ1n) is 11.0. The van der Waals surface area contributed by atoms with Crippen molar-refractivity contribution in [3.8, 4) is 17.0 Å². The quantitative estimate of drug-likeness (QED) is 0.599. The molecule has 3 N–H and O–H groups in total. The Balaban J connectivity index is 1.43. The molecule has 32 heavy (non-hydrogen) atoms. The number of nitrogens with one attached hydrogen (secondary N) is 1. The number of esters is 1. The lowest BCUT2D eigenvalue weighted by Gasteiger charge is -2.24. The topological polar surface area (TPSA) is 126 Å². The monoisotopic (exact) mass is 440 g/mol. The van der Waals surface area contributed by atoms with Crippen LogP contribution in [0.25, 0.3) is 11.3 Å². The number of anilines is 1. The minimum absolute atomic E-state index is 0.127. The standard InChI is InChI=1S/C23H28N4O5/c1-2-31-23(29)18-10-17(18)22(28)27-21-11-19(25-13-26-21)14-3-4-20(15(9-14)12-24)32-16-5-7-30-8-6-16/h3-4,9,11,13,16-18H,2,5-8,10,12,24H2,1H3,(H,25,26,27,28)/t17-,18-/m1/s1. The summed E-state index contributed by atoms with van der Waals surface area (Å²) in [6, 6.07) is 7.47. The number of carbonyl (C=O) groups excluding carboxylic acids is 2. The Morgan fingerprint density at radius 1 is 1.19 bits per heavy atom. The van der Waals surface area contributed by atoms with Gasteiger partial charge in [0.2, 0.25) is 5.91 Å². The Hall–Kier alpha value is -3.04. The highest BCUT2D eigenvalue weighted by molar-refractivity contribution is 5.98. The normalized spacial score (nSPS) is 20.4. The Morgan fingerprint density at radius 2 is 2.00 bits per heavy atom. The van der Waals surface area contributed by atoms with E-state index in [4.69, 9.17) is 19.9 Å². The molecule has 1 aromatic carbocycles. The van der Waals surface area contributed by atoms with Crippen LogP contribution in [0.1, 0.15) is 31.7 Å². The Bertz CT molecular complexity index is 977. The maximum atomic E-state index is 12.5. The fourth-order valence-corrected chi connectivity index (χ4v) is 3.78. The molecular formula is C23H28N4O5. The highest BCUT2D eigenvalue weighted by Crippen LogP contribution is 2.40. The summed E-state index contributed by atoms with van der Waals surface area (Å²) >= 11 is 0. The summed E-state index contributed by atoms with van der Waals surface area (Å²) in [7, 11) is 0. The van der Waals surface area contributed by atoms with Crippen molar-refractivity contribution in [2.45, 2.75) is 38.8 Å². The van der Waals surface area contributed by atoms with Crippen molar-refractivity contribution in [2.75, 3.05) is 25.1 Å². The molecule has 0 radical (unpaired) electrons. The summed E-state index contributed by atoms with van der Waals surface area (Å²) in [4.78, 5) is 32.7. The van der Waals surface area contributed by atoms with Gasteiger partial charge < -0.3 is 25.3 Å². The molecule has 9 heteroatoms. The second-order valence-electron chi connectivity index (χ2n) is 7.93. The third-order valence-electron chi connectivity index (χ3n) is 5.67. The van der Waals surface area contributed by atoms with Crippen LogP contribution in [0.5, 0.6) is 5.75 Å². The van der Waals surface area contributed by atoms with Crippen molar-refractivity contribution < 1.29 is 23.8 Å². The number of carbonyl (C=O) groups is 2. The highest BCUT2D eigenvalue weighted by Gasteiger charge is 2.49. The van der Waals surface area contributed by atoms with Crippen LogP contribution in [0.15, 0.2) is 30.6 Å². The van der Waals surface area contributed by atoms with E-state index in [-0.39, 0.29) is 29.8 Å². The Morgan fingerprint density at radius 3 is 2.75 bits per heavy atom. The second kappa shape index (κ2) is 10.1. The van der Waals surface area contributed by atoms with Gasteiger partial charge in [0.1, 0.15) is 24.0 Å². The van der Waals surface area contributed by atoms with E-state index in [1.807, 2.05) is 18.2 Å². The molecule has 0 spiro atoms. The van der Waals surface area contributed by atoms with Crippen LogP contribution in [0.2, 0.25) is 0 Å². The first-order chi connectivity index (χ1) is 15.6. The van der Waals surface area contributed by atoms with Gasteiger partial charge in [-0.2, -0.15) is 0 Å². The fourth-order valence-electron chi connectivity index (χ4n) is 3.78. The summed E-state index contributed by atoms with van der Waals surface area (Å²) in [5, 5.41) is 2.78. The molecule has 1 aromatic heterocycles. The highest BCUT2D eigenvalue weighted by atomic mass is 16.5. The smallest absolute Gasteiger partial charge is 0.309 e. The van der Waals surface area contributed by atoms with Gasteiger partial charge in [-0.3, -0.25) is 9.59 Å². The summed E-state index contributed by atoms with van der Waals surface area (Å²) in [6.07, 6.45) is 3.74. The van der Waals surface area contributed by atoms with Gasteiger partial charge >= 0.3 is 5.97 Å². The van der Waals surface area contributed by atoms with E-state index in [0.717, 1.165) is 29.7 Å². The molecule has 2 aliphatic rings. The third-order valence-corrected chi connectivity index (χ3v) is 5.67. The Labute approximate surface area is 186 Å². The number of ether oxygens (including phenoxy) is 3. The first kappa shape index (κ1) is 22.2. The van der Waals surface area contributed by atoms with Gasteiger partial charge in [0.15, 0.2) is 0 Å². The van der Waals surface area contributed by atoms with Gasteiger partial charge in [0, 0.05) is 36.6 Å². The molecule has 1 aliphatic carbocycles. The molecule has 0 bridgehead atoms. The number of nitrogens with two attached hydrogens (primary N) is 1. The third kappa shape index (κ3) is 5.23. The van der Waals surface area contributed by atoms with Crippen molar-refractivity contribution in [1.29, 1.82) is 0 Å². The van der Waals surface area contributed by atoms with E-state index >= 15 is 0 Å². The molecule has 0 unspecified atom stereocenters. The summed E-state index contributed by atoms with van der Waals surface area (Å²) in [5.74, 6) is -0.163. The molecule has 2 aromatic rings. The fraction of sp³-hybridized carbons (Fsp3) is 0.478. The lowest BCUT2D eigenvalue weighted by molar-refractivity contribution is -0.145. The predicted molar refractivity (Wildman–Crippen MR) is 117 cm³/mol. The number of rotatable bonds is 8. The molecule has 9 nitrogen and oxygen atoms in total. The minimum Gasteiger partial charge on any atom is -0.490 e. The van der Waals surface area contributed by atoms with E-state index in [1.165, 1.54) is 6.33 Å². The molecule has 1 amide bonds. The number of hydrogen-bond donors (Lipinski definition) is 2. The van der Waals surface area contributed by atoms with E-state index < -0.39 is 0 Å². The molecule has 1 saturated carbocycles. The second-order valence-corrected chi connectivity index (χ2v) is 7.93. The van der Waals surface area contributed by atoms with Crippen LogP contribution in [-0.4, -0.2) is 47.8 Å². The molecule has 2 fully saturated rings. The van der Waals surface area contributed by atoms with E-state index in [9.17, 15) is 9.59 Å². The van der Waals surface area contributed by atoms with E-state index in [2.05, 4.69) is 15.3 Å². The zero-order valence-corrected chi connectivity index (χ0v) is 18.1. The van der Waals surface area contributed by atoms with Crippen LogP contribution in [-0.2, 0) is 25.6 Å². The van der Waals surface area contributed by atoms with Gasteiger partial charge in [-0.1, -0.05) is 0 Å². The molecule has 1 saturated heterocycles. The average molecular weight is 441 g/mol. The van der Waals surface area contributed by atoms with Crippen LogP contribution < -0.4 is 15.8 Å². The zero-order chi connectivity index (χ0) is 22.5. The van der Waals surface area contributed by atoms with Crippen molar-refractivity contribution in [1.82, 2.24) is 9.97 Å². The van der Waals surface area contributed by atoms with Crippen molar-refractivity contribution in [2.24, 2.45) is 17.6 Å². The number of aromatic nitrogens is 2. The maximum Gasteiger partial charge on any atom is 0.309 e. The lowest BCUT2D eigenvalue weighted by atomic mass is 10.1. The van der Waals surface area contributed by atoms with Crippen molar-refractivity contribution >= 4 is 17.7 Å². The van der Waals surface area contributed by atoms with Gasteiger partial charge in [-0.05, 0) is 31.5 Å². The minimum atomic E-state index is -0.377. The van der Waals surface area contributed by atoms with E-state index in [0.29, 0.717) is 44.3 Å². The van der Waals surface area contributed by atoms with Gasteiger partial charge in [0.25, 0.3) is 0 Å². The van der Waals surface area contributed by atoms with Crippen LogP contribution in [0, 0.1) is 11.8 Å². The maximum absolute atomic E-state index is 12.5. The number of benzene rings is 1. The number of nitrogens with zero attached hydrogens (tertiary/aromatic N) is 2. The molecule has 1 aliphatic heterocycles. The summed E-state index contributed by atoms with van der Waals surface area (Å²) in [5.41, 5.74) is 8.35. The average Bonchev–Trinajstić information content (AvgIpc) is 3.62. The predicted octanol–water partition coefficient (Wildman–Crippen LogP) is 2.30. The van der Waals surface area contributed by atoms with Crippen LogP contribution in [0.3, 0.4) is 0 Å². The molecule has 2 heterocycles. The molecule has 4 rings (SSSR count). The zero-order valence-electron chi connectivity index (χ0n) is 18.1. The van der Waals surface area contributed by atoms with Gasteiger partial charge in [0.05, 0.1) is 37.4 Å². The van der Waals surface area contributed by atoms with Gasteiger partial charge in [-0.15, -0.1) is 0 Å². The molecular weight excluding hydrogens is 412 g/mol. The molecule has 2 atom stereocenters. The molecule has 170 valence electrons. The van der Waals surface area contributed by atoms with Crippen LogP contribution >= 0.6 is 0 Å².